The van der Waals surface area contributed by atoms with E-state index in [0.29, 0.717) is 22.8 Å². The summed E-state index contributed by atoms with van der Waals surface area (Å²) in [4.78, 5) is 23.1. The minimum Gasteiger partial charge on any atom is -0.482 e. The number of esters is 2. The molecule has 0 aliphatic rings. The number of carbonyl (C=O) groups is 2. The van der Waals surface area contributed by atoms with E-state index in [2.05, 4.69) is 20.7 Å². The van der Waals surface area contributed by atoms with Gasteiger partial charge in [-0.2, -0.15) is 0 Å². The Morgan fingerprint density at radius 1 is 1.22 bits per heavy atom. The van der Waals surface area contributed by atoms with E-state index in [9.17, 15) is 9.59 Å². The third-order valence-electron chi connectivity index (χ3n) is 2.92. The molecule has 1 aromatic carbocycles. The highest BCUT2D eigenvalue weighted by Crippen LogP contribution is 2.17. The fraction of sp³-hybridized carbons (Fsp3) is 0.250. The van der Waals surface area contributed by atoms with Crippen LogP contribution in [0.5, 0.6) is 5.75 Å². The second kappa shape index (κ2) is 7.82. The van der Waals surface area contributed by atoms with E-state index in [0.717, 1.165) is 4.47 Å². The molecule has 0 amide bonds. The molecule has 0 radical (unpaired) electrons. The van der Waals surface area contributed by atoms with Crippen LogP contribution in [-0.4, -0.2) is 25.7 Å². The number of rotatable bonds is 6. The average molecular weight is 383 g/mol. The van der Waals surface area contributed by atoms with E-state index >= 15 is 0 Å². The predicted molar refractivity (Wildman–Crippen MR) is 84.2 cm³/mol. The number of benzene rings is 1. The van der Waals surface area contributed by atoms with E-state index in [4.69, 9.17) is 13.9 Å². The maximum Gasteiger partial charge on any atom is 0.344 e. The number of carbonyl (C=O) groups excluding carboxylic acids is 2. The van der Waals surface area contributed by atoms with Crippen molar-refractivity contribution in [3.63, 3.8) is 0 Å². The van der Waals surface area contributed by atoms with Crippen LogP contribution in [0.1, 0.15) is 21.9 Å². The van der Waals surface area contributed by atoms with Crippen LogP contribution in [0.3, 0.4) is 0 Å². The maximum absolute atomic E-state index is 11.6. The normalized spacial score (nSPS) is 10.2. The smallest absolute Gasteiger partial charge is 0.344 e. The van der Waals surface area contributed by atoms with E-state index in [-0.39, 0.29) is 13.2 Å². The third-order valence-corrected chi connectivity index (χ3v) is 3.45. The SMILES string of the molecule is COC(=O)c1cc(COC(=O)COc2ccc(Br)cc2)oc1C. The molecule has 0 saturated carbocycles. The van der Waals surface area contributed by atoms with Crippen LogP contribution in [-0.2, 0) is 20.9 Å². The van der Waals surface area contributed by atoms with Gasteiger partial charge in [0.05, 0.1) is 7.11 Å². The summed E-state index contributed by atoms with van der Waals surface area (Å²) in [7, 11) is 1.29. The average Bonchev–Trinajstić information content (AvgIpc) is 2.92. The zero-order chi connectivity index (χ0) is 16.8. The molecule has 0 spiro atoms. The second-order valence-electron chi connectivity index (χ2n) is 4.58. The number of hydrogen-bond acceptors (Lipinski definition) is 6. The molecule has 0 saturated heterocycles. The van der Waals surface area contributed by atoms with Crippen LogP contribution in [0.4, 0.5) is 0 Å². The molecular formula is C16H15BrO6. The molecule has 0 unspecified atom stereocenters. The molecule has 2 aromatic rings. The minimum absolute atomic E-state index is 0.0830. The number of methoxy groups -OCH3 is 1. The number of aryl methyl sites for hydroxylation is 1. The van der Waals surface area contributed by atoms with Gasteiger partial charge in [0, 0.05) is 4.47 Å². The largest absolute Gasteiger partial charge is 0.482 e. The summed E-state index contributed by atoms with van der Waals surface area (Å²) in [5.74, 6) is 0.296. The van der Waals surface area contributed by atoms with Gasteiger partial charge in [-0.1, -0.05) is 15.9 Å². The van der Waals surface area contributed by atoms with Gasteiger partial charge in [-0.25, -0.2) is 9.59 Å². The summed E-state index contributed by atoms with van der Waals surface area (Å²) < 4.78 is 21.2. The molecule has 0 aliphatic heterocycles. The van der Waals surface area contributed by atoms with Gasteiger partial charge in [-0.3, -0.25) is 0 Å². The van der Waals surface area contributed by atoms with Crippen molar-refractivity contribution in [1.82, 2.24) is 0 Å². The summed E-state index contributed by atoms with van der Waals surface area (Å²) in [6, 6.07) is 8.57. The fourth-order valence-electron chi connectivity index (χ4n) is 1.79. The molecule has 1 heterocycles. The Bertz CT molecular complexity index is 689. The number of furan rings is 1. The summed E-state index contributed by atoms with van der Waals surface area (Å²) in [5.41, 5.74) is 0.310. The first-order chi connectivity index (χ1) is 11.0. The van der Waals surface area contributed by atoms with Gasteiger partial charge >= 0.3 is 11.9 Å². The van der Waals surface area contributed by atoms with Crippen molar-refractivity contribution in [2.75, 3.05) is 13.7 Å². The zero-order valence-electron chi connectivity index (χ0n) is 12.6. The molecule has 122 valence electrons. The lowest BCUT2D eigenvalue weighted by molar-refractivity contribution is -0.147. The van der Waals surface area contributed by atoms with Crippen molar-refractivity contribution in [1.29, 1.82) is 0 Å². The van der Waals surface area contributed by atoms with E-state index < -0.39 is 11.9 Å². The lowest BCUT2D eigenvalue weighted by atomic mass is 10.2. The Morgan fingerprint density at radius 3 is 2.57 bits per heavy atom. The van der Waals surface area contributed by atoms with Crippen LogP contribution in [0, 0.1) is 6.92 Å². The van der Waals surface area contributed by atoms with Crippen molar-refractivity contribution >= 4 is 27.9 Å². The molecule has 0 N–H and O–H groups in total. The van der Waals surface area contributed by atoms with Gasteiger partial charge in [0.15, 0.2) is 6.61 Å². The maximum atomic E-state index is 11.6. The van der Waals surface area contributed by atoms with Gasteiger partial charge < -0.3 is 18.6 Å². The molecule has 1 aromatic heterocycles. The highest BCUT2D eigenvalue weighted by molar-refractivity contribution is 9.10. The van der Waals surface area contributed by atoms with Gasteiger partial charge in [0.25, 0.3) is 0 Å². The summed E-state index contributed by atoms with van der Waals surface area (Å²) in [6.07, 6.45) is 0. The van der Waals surface area contributed by atoms with Crippen molar-refractivity contribution < 1.29 is 28.2 Å². The highest BCUT2D eigenvalue weighted by Gasteiger charge is 2.16. The van der Waals surface area contributed by atoms with E-state index in [1.165, 1.54) is 13.2 Å². The quantitative estimate of drug-likeness (QED) is 0.713. The van der Waals surface area contributed by atoms with Gasteiger partial charge in [0.2, 0.25) is 0 Å². The van der Waals surface area contributed by atoms with Crippen LogP contribution < -0.4 is 4.74 Å². The number of hydrogen-bond donors (Lipinski definition) is 0. The molecular weight excluding hydrogens is 368 g/mol. The zero-order valence-corrected chi connectivity index (χ0v) is 14.2. The summed E-state index contributed by atoms with van der Waals surface area (Å²) >= 11 is 3.31. The Labute approximate surface area is 141 Å². The van der Waals surface area contributed by atoms with Gasteiger partial charge in [-0.15, -0.1) is 0 Å². The molecule has 23 heavy (non-hydrogen) atoms. The fourth-order valence-corrected chi connectivity index (χ4v) is 2.06. The predicted octanol–water partition coefficient (Wildman–Crippen LogP) is 3.26. The van der Waals surface area contributed by atoms with Crippen LogP contribution in [0.15, 0.2) is 39.2 Å². The topological polar surface area (TPSA) is 75.0 Å². The first kappa shape index (κ1) is 17.1. The van der Waals surface area contributed by atoms with Gasteiger partial charge in [0.1, 0.15) is 29.4 Å². The Kier molecular flexibility index (Phi) is 5.81. The molecule has 0 fully saturated rings. The van der Waals surface area contributed by atoms with Crippen LogP contribution >= 0.6 is 15.9 Å². The van der Waals surface area contributed by atoms with Crippen molar-refractivity contribution in [2.45, 2.75) is 13.5 Å². The minimum atomic E-state index is -0.540. The Balaban J connectivity index is 1.82. The second-order valence-corrected chi connectivity index (χ2v) is 5.49. The molecule has 0 aliphatic carbocycles. The Hall–Kier alpha value is -2.28. The molecule has 6 nitrogen and oxygen atoms in total. The van der Waals surface area contributed by atoms with Crippen LogP contribution in [0.2, 0.25) is 0 Å². The number of ether oxygens (including phenoxy) is 3. The van der Waals surface area contributed by atoms with E-state index in [1.54, 1.807) is 31.2 Å². The van der Waals surface area contributed by atoms with Gasteiger partial charge in [-0.05, 0) is 37.3 Å². The van der Waals surface area contributed by atoms with Crippen molar-refractivity contribution in [2.24, 2.45) is 0 Å². The number of halogens is 1. The van der Waals surface area contributed by atoms with E-state index in [1.807, 2.05) is 0 Å². The molecule has 0 atom stereocenters. The lowest BCUT2D eigenvalue weighted by Crippen LogP contribution is -2.14. The molecule has 7 heteroatoms. The van der Waals surface area contributed by atoms with Crippen LogP contribution in [0.25, 0.3) is 0 Å². The van der Waals surface area contributed by atoms with Crippen molar-refractivity contribution in [3.8, 4) is 5.75 Å². The lowest BCUT2D eigenvalue weighted by Gasteiger charge is -2.06. The monoisotopic (exact) mass is 382 g/mol. The first-order valence-electron chi connectivity index (χ1n) is 6.71. The highest BCUT2D eigenvalue weighted by atomic mass is 79.9. The molecule has 2 rings (SSSR count). The Morgan fingerprint density at radius 2 is 1.91 bits per heavy atom. The molecule has 0 bridgehead atoms. The standard InChI is InChI=1S/C16H15BrO6/c1-10-14(16(19)20-2)7-13(23-10)8-22-15(18)9-21-12-5-3-11(17)4-6-12/h3-7H,8-9H2,1-2H3. The van der Waals surface area contributed by atoms with Crippen molar-refractivity contribution in [3.05, 3.63) is 51.9 Å². The summed E-state index contributed by atoms with van der Waals surface area (Å²) in [6.45, 7) is 1.33. The third kappa shape index (κ3) is 4.85. The summed E-state index contributed by atoms with van der Waals surface area (Å²) in [5, 5.41) is 0. The first-order valence-corrected chi connectivity index (χ1v) is 7.50.